The van der Waals surface area contributed by atoms with Gasteiger partial charge in [-0.05, 0) is 117 Å². The molecule has 0 saturated heterocycles. The van der Waals surface area contributed by atoms with E-state index in [-0.39, 0.29) is 0 Å². The number of hydrogen-bond acceptors (Lipinski definition) is 0. The summed E-state index contributed by atoms with van der Waals surface area (Å²) in [6.45, 7) is 9.23. The van der Waals surface area contributed by atoms with E-state index in [1.807, 2.05) is 0 Å². The molecule has 0 amide bonds. The van der Waals surface area contributed by atoms with Crippen LogP contribution in [0.2, 0.25) is 0 Å². The fourth-order valence-electron chi connectivity index (χ4n) is 7.46. The van der Waals surface area contributed by atoms with E-state index in [2.05, 4.69) is 113 Å². The Kier molecular flexibility index (Phi) is 12.9. The molecule has 5 rings (SSSR count). The molecule has 0 radical (unpaired) electrons. The highest BCUT2D eigenvalue weighted by Crippen LogP contribution is 2.44. The van der Waals surface area contributed by atoms with Crippen molar-refractivity contribution in [3.05, 3.63) is 107 Å². The van der Waals surface area contributed by atoms with Gasteiger partial charge in [-0.2, -0.15) is 0 Å². The summed E-state index contributed by atoms with van der Waals surface area (Å²) in [6.07, 6.45) is 20.0. The Bertz CT molecular complexity index is 1450. The molecule has 0 bridgehead atoms. The van der Waals surface area contributed by atoms with E-state index in [9.17, 15) is 0 Å². The fraction of sp³-hybridized carbons (Fsp3) is 0.435. The molecule has 0 heterocycles. The summed E-state index contributed by atoms with van der Waals surface area (Å²) < 4.78 is 0. The van der Waals surface area contributed by atoms with Crippen molar-refractivity contribution in [3.63, 3.8) is 0 Å². The first-order valence-corrected chi connectivity index (χ1v) is 18.9. The molecule has 0 atom stereocenters. The maximum Gasteiger partial charge on any atom is -0.00262 e. The van der Waals surface area contributed by atoms with Crippen molar-refractivity contribution in [3.8, 4) is 22.3 Å². The normalized spacial score (nSPS) is 11.6. The van der Waals surface area contributed by atoms with Gasteiger partial charge in [-0.3, -0.25) is 0 Å². The summed E-state index contributed by atoms with van der Waals surface area (Å²) in [5, 5.41) is 5.52. The summed E-state index contributed by atoms with van der Waals surface area (Å²) >= 11 is 0. The molecule has 0 heteroatoms. The molecule has 0 spiro atoms. The van der Waals surface area contributed by atoms with Gasteiger partial charge in [-0.25, -0.2) is 0 Å². The van der Waals surface area contributed by atoms with Crippen LogP contribution in [0.4, 0.5) is 0 Å². The van der Waals surface area contributed by atoms with E-state index in [0.29, 0.717) is 0 Å². The molecular formula is C46H58. The smallest absolute Gasteiger partial charge is 0.00262 e. The van der Waals surface area contributed by atoms with Gasteiger partial charge in [-0.1, -0.05) is 164 Å². The number of fused-ring (bicyclic) bond motifs is 2. The van der Waals surface area contributed by atoms with Gasteiger partial charge in [0, 0.05) is 0 Å². The molecule has 0 unspecified atom stereocenters. The summed E-state index contributed by atoms with van der Waals surface area (Å²) in [6, 6.07) is 33.6. The predicted octanol–water partition coefficient (Wildman–Crippen LogP) is 14.3. The number of benzene rings is 5. The van der Waals surface area contributed by atoms with Crippen LogP contribution in [0.1, 0.15) is 127 Å². The quantitative estimate of drug-likeness (QED) is 0.0684. The Balaban J connectivity index is 1.72. The zero-order valence-corrected chi connectivity index (χ0v) is 29.4. The average Bonchev–Trinajstić information content (AvgIpc) is 3.07. The monoisotopic (exact) mass is 610 g/mol. The van der Waals surface area contributed by atoms with E-state index in [0.717, 1.165) is 0 Å². The van der Waals surface area contributed by atoms with Gasteiger partial charge in [0.05, 0.1) is 0 Å². The number of hydrogen-bond donors (Lipinski definition) is 0. The van der Waals surface area contributed by atoms with Gasteiger partial charge < -0.3 is 0 Å². The van der Waals surface area contributed by atoms with Crippen molar-refractivity contribution in [1.29, 1.82) is 0 Å². The van der Waals surface area contributed by atoms with E-state index in [4.69, 9.17) is 0 Å². The van der Waals surface area contributed by atoms with Gasteiger partial charge in [0.2, 0.25) is 0 Å². The molecule has 46 heavy (non-hydrogen) atoms. The molecule has 5 aromatic rings. The van der Waals surface area contributed by atoms with Crippen molar-refractivity contribution in [2.24, 2.45) is 0 Å². The highest BCUT2D eigenvalue weighted by atomic mass is 14.2. The molecule has 0 aromatic heterocycles. The van der Waals surface area contributed by atoms with Crippen LogP contribution >= 0.6 is 0 Å². The van der Waals surface area contributed by atoms with Crippen LogP contribution in [0.25, 0.3) is 43.8 Å². The Hall–Kier alpha value is -3.38. The second-order valence-electron chi connectivity index (χ2n) is 13.7. The minimum absolute atomic E-state index is 1.17. The highest BCUT2D eigenvalue weighted by molar-refractivity contribution is 6.21. The molecule has 0 aliphatic rings. The van der Waals surface area contributed by atoms with Crippen LogP contribution in [0.5, 0.6) is 0 Å². The van der Waals surface area contributed by atoms with Crippen LogP contribution in [0.15, 0.2) is 84.9 Å². The minimum atomic E-state index is 1.17. The second-order valence-corrected chi connectivity index (χ2v) is 13.7. The van der Waals surface area contributed by atoms with Crippen LogP contribution < -0.4 is 0 Å². The van der Waals surface area contributed by atoms with Crippen molar-refractivity contribution in [2.45, 2.75) is 130 Å². The van der Waals surface area contributed by atoms with Crippen LogP contribution in [0.3, 0.4) is 0 Å². The number of aryl methyl sites for hydroxylation is 4. The first-order chi connectivity index (χ1) is 22.7. The maximum atomic E-state index is 2.52. The van der Waals surface area contributed by atoms with Gasteiger partial charge in [-0.15, -0.1) is 0 Å². The van der Waals surface area contributed by atoms with Gasteiger partial charge >= 0.3 is 0 Å². The first-order valence-electron chi connectivity index (χ1n) is 18.9. The number of unbranched alkanes of at least 4 members (excludes halogenated alkanes) is 8. The third-order valence-electron chi connectivity index (χ3n) is 9.89. The van der Waals surface area contributed by atoms with Crippen molar-refractivity contribution in [1.82, 2.24) is 0 Å². The minimum Gasteiger partial charge on any atom is -0.0654 e. The summed E-state index contributed by atoms with van der Waals surface area (Å²) in [4.78, 5) is 0. The first kappa shape index (κ1) is 34.0. The summed E-state index contributed by atoms with van der Waals surface area (Å²) in [5.74, 6) is 0. The molecule has 5 aromatic carbocycles. The SMILES string of the molecule is CCCCCc1cc(CCCCC)cc(-c2c3ccccc3c(-c3cc(CCCCC)cc(CCCCC)c3)c3ccccc23)c1. The largest absolute Gasteiger partial charge is 0.0654 e. The zero-order valence-electron chi connectivity index (χ0n) is 29.4. The van der Waals surface area contributed by atoms with E-state index >= 15 is 0 Å². The third-order valence-corrected chi connectivity index (χ3v) is 9.89. The van der Waals surface area contributed by atoms with Crippen molar-refractivity contribution < 1.29 is 0 Å². The Morgan fingerprint density at radius 2 is 0.587 bits per heavy atom. The molecule has 0 saturated carbocycles. The molecule has 0 aliphatic heterocycles. The molecule has 0 aliphatic carbocycles. The van der Waals surface area contributed by atoms with Crippen LogP contribution in [0, 0.1) is 0 Å². The Morgan fingerprint density at radius 1 is 0.326 bits per heavy atom. The molecule has 242 valence electrons. The Labute approximate surface area is 280 Å². The lowest BCUT2D eigenvalue weighted by Gasteiger charge is -2.20. The van der Waals surface area contributed by atoms with Gasteiger partial charge in [0.1, 0.15) is 0 Å². The summed E-state index contributed by atoms with van der Waals surface area (Å²) in [7, 11) is 0. The molecule has 0 fully saturated rings. The maximum absolute atomic E-state index is 2.52. The van der Waals surface area contributed by atoms with Gasteiger partial charge in [0.15, 0.2) is 0 Å². The van der Waals surface area contributed by atoms with Crippen LogP contribution in [-0.4, -0.2) is 0 Å². The zero-order chi connectivity index (χ0) is 32.1. The van der Waals surface area contributed by atoms with E-state index < -0.39 is 0 Å². The van der Waals surface area contributed by atoms with E-state index in [1.165, 1.54) is 169 Å². The fourth-order valence-corrected chi connectivity index (χ4v) is 7.46. The van der Waals surface area contributed by atoms with E-state index in [1.54, 1.807) is 0 Å². The lowest BCUT2D eigenvalue weighted by molar-refractivity contribution is 0.709. The van der Waals surface area contributed by atoms with Crippen molar-refractivity contribution >= 4 is 21.5 Å². The van der Waals surface area contributed by atoms with Gasteiger partial charge in [0.25, 0.3) is 0 Å². The summed E-state index contributed by atoms with van der Waals surface area (Å²) in [5.41, 5.74) is 11.6. The average molecular weight is 611 g/mol. The molecule has 0 nitrogen and oxygen atoms in total. The van der Waals surface area contributed by atoms with Crippen LogP contribution in [-0.2, 0) is 25.7 Å². The Morgan fingerprint density at radius 3 is 0.826 bits per heavy atom. The highest BCUT2D eigenvalue weighted by Gasteiger charge is 2.18. The lowest BCUT2D eigenvalue weighted by Crippen LogP contribution is -1.97. The van der Waals surface area contributed by atoms with Crippen molar-refractivity contribution in [2.75, 3.05) is 0 Å². The molecule has 0 N–H and O–H groups in total. The lowest BCUT2D eigenvalue weighted by atomic mass is 9.84. The third kappa shape index (κ3) is 8.50. The standard InChI is InChI=1S/C46H58/c1-5-9-13-21-35-29-36(22-14-10-6-2)32-39(31-35)45-41-25-17-19-27-43(41)46(44-28-20-18-26-42(44)45)40-33-37(23-15-11-7-3)30-38(34-40)24-16-12-8-4/h17-20,25-34H,5-16,21-24H2,1-4H3. The second kappa shape index (κ2) is 17.5. The predicted molar refractivity (Wildman–Crippen MR) is 205 cm³/mol. The molecular weight excluding hydrogens is 553 g/mol. The number of rotatable bonds is 18. The topological polar surface area (TPSA) is 0 Å².